The van der Waals surface area contributed by atoms with Gasteiger partial charge in [-0.15, -0.1) is 0 Å². The molecule has 0 fully saturated rings. The van der Waals surface area contributed by atoms with Crippen LogP contribution >= 0.6 is 15.9 Å². The fourth-order valence-electron chi connectivity index (χ4n) is 2.19. The van der Waals surface area contributed by atoms with Crippen LogP contribution in [0.4, 0.5) is 11.5 Å². The van der Waals surface area contributed by atoms with Crippen LogP contribution in [0.25, 0.3) is 21.9 Å². The van der Waals surface area contributed by atoms with Crippen molar-refractivity contribution in [2.75, 3.05) is 11.5 Å². The zero-order valence-corrected chi connectivity index (χ0v) is 11.7. The lowest BCUT2D eigenvalue weighted by atomic mass is 10.00. The zero-order valence-electron chi connectivity index (χ0n) is 10.1. The summed E-state index contributed by atoms with van der Waals surface area (Å²) in [6.07, 6.45) is 0. The molecule has 3 aromatic rings. The van der Waals surface area contributed by atoms with Crippen LogP contribution in [-0.2, 0) is 0 Å². The second-order valence-corrected chi connectivity index (χ2v) is 5.08. The summed E-state index contributed by atoms with van der Waals surface area (Å²) in [5, 5.41) is 2.12. The smallest absolute Gasteiger partial charge is 0.133 e. The van der Waals surface area contributed by atoms with Crippen LogP contribution in [0.1, 0.15) is 0 Å². The molecule has 4 N–H and O–H groups in total. The fourth-order valence-corrected chi connectivity index (χ4v) is 2.73. The van der Waals surface area contributed by atoms with Gasteiger partial charge in [0.2, 0.25) is 0 Å². The number of hydrogen-bond acceptors (Lipinski definition) is 3. The number of nitrogens with zero attached hydrogens (tertiary/aromatic N) is 1. The summed E-state index contributed by atoms with van der Waals surface area (Å²) in [5.41, 5.74) is 14.5. The van der Waals surface area contributed by atoms with Gasteiger partial charge in [-0.3, -0.25) is 0 Å². The van der Waals surface area contributed by atoms with E-state index in [1.807, 2.05) is 48.5 Å². The molecule has 0 aliphatic rings. The third kappa shape index (κ3) is 2.04. The molecule has 0 amide bonds. The summed E-state index contributed by atoms with van der Waals surface area (Å²) in [4.78, 5) is 4.36. The quantitative estimate of drug-likeness (QED) is 0.530. The molecule has 0 bridgehead atoms. The highest BCUT2D eigenvalue weighted by molar-refractivity contribution is 9.10. The number of rotatable bonds is 1. The summed E-state index contributed by atoms with van der Waals surface area (Å²) >= 11 is 3.45. The van der Waals surface area contributed by atoms with E-state index in [4.69, 9.17) is 11.5 Å². The molecule has 0 radical (unpaired) electrons. The Bertz CT molecular complexity index is 751. The highest BCUT2D eigenvalue weighted by atomic mass is 79.9. The van der Waals surface area contributed by atoms with Gasteiger partial charge in [0, 0.05) is 16.6 Å². The van der Waals surface area contributed by atoms with E-state index in [2.05, 4.69) is 20.9 Å². The second-order valence-electron chi connectivity index (χ2n) is 4.33. The molecule has 0 unspecified atom stereocenters. The Labute approximate surface area is 119 Å². The first kappa shape index (κ1) is 12.0. The van der Waals surface area contributed by atoms with Crippen molar-refractivity contribution < 1.29 is 0 Å². The Morgan fingerprint density at radius 2 is 1.47 bits per heavy atom. The van der Waals surface area contributed by atoms with Crippen LogP contribution in [-0.4, -0.2) is 4.98 Å². The molecule has 94 valence electrons. The SMILES string of the molecule is Nc1ccc(-c2c(N)nc(Br)c3ccccc23)cc1. The second kappa shape index (κ2) is 4.55. The number of anilines is 2. The third-order valence-electron chi connectivity index (χ3n) is 3.09. The Morgan fingerprint density at radius 1 is 0.842 bits per heavy atom. The van der Waals surface area contributed by atoms with Gasteiger partial charge in [-0.2, -0.15) is 0 Å². The Balaban J connectivity index is 2.37. The maximum absolute atomic E-state index is 6.09. The molecule has 0 atom stereocenters. The highest BCUT2D eigenvalue weighted by Crippen LogP contribution is 2.36. The van der Waals surface area contributed by atoms with Gasteiger partial charge in [0.25, 0.3) is 0 Å². The normalized spacial score (nSPS) is 10.8. The van der Waals surface area contributed by atoms with Gasteiger partial charge in [-0.05, 0) is 39.0 Å². The molecule has 0 saturated heterocycles. The van der Waals surface area contributed by atoms with E-state index in [1.165, 1.54) is 0 Å². The van der Waals surface area contributed by atoms with Gasteiger partial charge in [0.05, 0.1) is 0 Å². The Morgan fingerprint density at radius 3 is 2.16 bits per heavy atom. The molecule has 0 aliphatic heterocycles. The number of nitrogen functional groups attached to an aromatic ring is 2. The lowest BCUT2D eigenvalue weighted by molar-refractivity contribution is 1.32. The molecular formula is C15H12BrN3. The van der Waals surface area contributed by atoms with Gasteiger partial charge in [0.15, 0.2) is 0 Å². The number of hydrogen-bond donors (Lipinski definition) is 2. The largest absolute Gasteiger partial charge is 0.399 e. The minimum Gasteiger partial charge on any atom is -0.399 e. The van der Waals surface area contributed by atoms with Gasteiger partial charge < -0.3 is 11.5 Å². The van der Waals surface area contributed by atoms with Crippen molar-refractivity contribution in [2.45, 2.75) is 0 Å². The fraction of sp³-hybridized carbons (Fsp3) is 0. The standard InChI is InChI=1S/C15H12BrN3/c16-14-12-4-2-1-3-11(12)13(15(18)19-14)9-5-7-10(17)8-6-9/h1-8H,17H2,(H2,18,19). The average molecular weight is 314 g/mol. The summed E-state index contributed by atoms with van der Waals surface area (Å²) < 4.78 is 0.764. The molecule has 1 aromatic heterocycles. The Kier molecular flexibility index (Phi) is 2.87. The van der Waals surface area contributed by atoms with Gasteiger partial charge in [0.1, 0.15) is 10.4 Å². The van der Waals surface area contributed by atoms with Crippen LogP contribution in [0.2, 0.25) is 0 Å². The van der Waals surface area contributed by atoms with Crippen LogP contribution in [0, 0.1) is 0 Å². The number of fused-ring (bicyclic) bond motifs is 1. The minimum absolute atomic E-state index is 0.510. The first-order valence-electron chi connectivity index (χ1n) is 5.86. The minimum atomic E-state index is 0.510. The first-order valence-corrected chi connectivity index (χ1v) is 6.66. The molecule has 3 nitrogen and oxygen atoms in total. The molecule has 3 rings (SSSR count). The lowest BCUT2D eigenvalue weighted by Gasteiger charge is -2.11. The zero-order chi connectivity index (χ0) is 13.4. The molecular weight excluding hydrogens is 302 g/mol. The van der Waals surface area contributed by atoms with E-state index >= 15 is 0 Å². The summed E-state index contributed by atoms with van der Waals surface area (Å²) in [7, 11) is 0. The molecule has 0 spiro atoms. The predicted molar refractivity (Wildman–Crippen MR) is 83.7 cm³/mol. The van der Waals surface area contributed by atoms with Crippen LogP contribution in [0.15, 0.2) is 53.1 Å². The van der Waals surface area contributed by atoms with Gasteiger partial charge in [-0.25, -0.2) is 4.98 Å². The number of aromatic nitrogens is 1. The third-order valence-corrected chi connectivity index (χ3v) is 3.70. The summed E-state index contributed by atoms with van der Waals surface area (Å²) in [6.45, 7) is 0. The summed E-state index contributed by atoms with van der Waals surface area (Å²) in [5.74, 6) is 0.510. The van der Waals surface area contributed by atoms with Crippen molar-refractivity contribution in [3.05, 3.63) is 53.1 Å². The van der Waals surface area contributed by atoms with Crippen molar-refractivity contribution in [2.24, 2.45) is 0 Å². The van der Waals surface area contributed by atoms with E-state index in [-0.39, 0.29) is 0 Å². The van der Waals surface area contributed by atoms with E-state index in [0.717, 1.165) is 32.2 Å². The van der Waals surface area contributed by atoms with Crippen molar-refractivity contribution in [1.29, 1.82) is 0 Å². The molecule has 2 aromatic carbocycles. The first-order chi connectivity index (χ1) is 9.16. The monoisotopic (exact) mass is 313 g/mol. The predicted octanol–water partition coefficient (Wildman–Crippen LogP) is 3.83. The van der Waals surface area contributed by atoms with E-state index in [0.29, 0.717) is 5.82 Å². The van der Waals surface area contributed by atoms with Crippen molar-refractivity contribution in [3.8, 4) is 11.1 Å². The van der Waals surface area contributed by atoms with Gasteiger partial charge in [-0.1, -0.05) is 36.4 Å². The van der Waals surface area contributed by atoms with Crippen molar-refractivity contribution in [1.82, 2.24) is 4.98 Å². The topological polar surface area (TPSA) is 64.9 Å². The van der Waals surface area contributed by atoms with Crippen LogP contribution in [0.5, 0.6) is 0 Å². The van der Waals surface area contributed by atoms with Crippen LogP contribution in [0.3, 0.4) is 0 Å². The highest BCUT2D eigenvalue weighted by Gasteiger charge is 2.11. The van der Waals surface area contributed by atoms with Crippen LogP contribution < -0.4 is 11.5 Å². The Hall–Kier alpha value is -2.07. The van der Waals surface area contributed by atoms with E-state index in [1.54, 1.807) is 0 Å². The lowest BCUT2D eigenvalue weighted by Crippen LogP contribution is -1.97. The van der Waals surface area contributed by atoms with Crippen molar-refractivity contribution >= 4 is 38.2 Å². The number of pyridine rings is 1. The number of nitrogens with two attached hydrogens (primary N) is 2. The maximum Gasteiger partial charge on any atom is 0.133 e. The molecule has 1 heterocycles. The molecule has 0 aliphatic carbocycles. The molecule has 0 saturated carbocycles. The average Bonchev–Trinajstić information content (AvgIpc) is 2.41. The molecule has 19 heavy (non-hydrogen) atoms. The maximum atomic E-state index is 6.09. The van der Waals surface area contributed by atoms with E-state index in [9.17, 15) is 0 Å². The van der Waals surface area contributed by atoms with E-state index < -0.39 is 0 Å². The number of halogens is 1. The van der Waals surface area contributed by atoms with Gasteiger partial charge >= 0.3 is 0 Å². The number of benzene rings is 2. The van der Waals surface area contributed by atoms with Crippen molar-refractivity contribution in [3.63, 3.8) is 0 Å². The molecule has 4 heteroatoms. The summed E-state index contributed by atoms with van der Waals surface area (Å²) in [6, 6.07) is 15.7.